The lowest BCUT2D eigenvalue weighted by molar-refractivity contribution is 0.113. The van der Waals surface area contributed by atoms with Gasteiger partial charge in [-0.1, -0.05) is 38.1 Å². The predicted octanol–water partition coefficient (Wildman–Crippen LogP) is 3.42. The van der Waals surface area contributed by atoms with Crippen molar-refractivity contribution in [2.75, 3.05) is 13.7 Å². The Morgan fingerprint density at radius 2 is 2.11 bits per heavy atom. The van der Waals surface area contributed by atoms with Crippen molar-refractivity contribution in [2.45, 2.75) is 51.2 Å². The minimum atomic E-state index is 0.270. The van der Waals surface area contributed by atoms with E-state index in [0.717, 1.165) is 6.54 Å². The Balaban J connectivity index is 2.15. The van der Waals surface area contributed by atoms with E-state index < -0.39 is 0 Å². The molecule has 2 unspecified atom stereocenters. The van der Waals surface area contributed by atoms with Crippen molar-refractivity contribution in [1.82, 2.24) is 5.32 Å². The highest BCUT2D eigenvalue weighted by Gasteiger charge is 2.31. The van der Waals surface area contributed by atoms with Gasteiger partial charge in [0, 0.05) is 19.7 Å². The lowest BCUT2D eigenvalue weighted by Crippen LogP contribution is -2.35. The summed E-state index contributed by atoms with van der Waals surface area (Å²) in [5.41, 5.74) is 3.28. The lowest BCUT2D eigenvalue weighted by atomic mass is 9.71. The Morgan fingerprint density at radius 1 is 1.39 bits per heavy atom. The van der Waals surface area contributed by atoms with Crippen molar-refractivity contribution in [3.63, 3.8) is 0 Å². The predicted molar refractivity (Wildman–Crippen MR) is 75.9 cm³/mol. The van der Waals surface area contributed by atoms with Crippen LogP contribution >= 0.6 is 0 Å². The maximum absolute atomic E-state index is 5.31. The SMILES string of the molecule is COC(C)CNC1CCC(C)(C)c2ccccc21. The third kappa shape index (κ3) is 2.76. The third-order valence-electron chi connectivity index (χ3n) is 4.18. The van der Waals surface area contributed by atoms with Gasteiger partial charge in [0.1, 0.15) is 0 Å². The molecule has 1 N–H and O–H groups in total. The van der Waals surface area contributed by atoms with Crippen LogP contribution in [0.3, 0.4) is 0 Å². The van der Waals surface area contributed by atoms with Gasteiger partial charge in [-0.2, -0.15) is 0 Å². The van der Waals surface area contributed by atoms with Crippen molar-refractivity contribution in [2.24, 2.45) is 0 Å². The van der Waals surface area contributed by atoms with Crippen LogP contribution in [0.15, 0.2) is 24.3 Å². The molecule has 100 valence electrons. The van der Waals surface area contributed by atoms with Crippen LogP contribution < -0.4 is 5.32 Å². The summed E-state index contributed by atoms with van der Waals surface area (Å²) in [7, 11) is 1.77. The van der Waals surface area contributed by atoms with Gasteiger partial charge in [0.2, 0.25) is 0 Å². The van der Waals surface area contributed by atoms with Gasteiger partial charge in [-0.3, -0.25) is 0 Å². The van der Waals surface area contributed by atoms with Crippen LogP contribution in [0.5, 0.6) is 0 Å². The molecule has 0 saturated heterocycles. The summed E-state index contributed by atoms with van der Waals surface area (Å²) in [6.07, 6.45) is 2.72. The van der Waals surface area contributed by atoms with Crippen molar-refractivity contribution < 1.29 is 4.74 Å². The van der Waals surface area contributed by atoms with E-state index in [1.807, 2.05) is 0 Å². The zero-order valence-electron chi connectivity index (χ0n) is 12.0. The molecule has 18 heavy (non-hydrogen) atoms. The monoisotopic (exact) mass is 247 g/mol. The van der Waals surface area contributed by atoms with Gasteiger partial charge in [0.25, 0.3) is 0 Å². The summed E-state index contributed by atoms with van der Waals surface area (Å²) in [4.78, 5) is 0. The van der Waals surface area contributed by atoms with Gasteiger partial charge in [-0.25, -0.2) is 0 Å². The Kier molecular flexibility index (Phi) is 4.08. The van der Waals surface area contributed by atoms with Crippen LogP contribution in [0.25, 0.3) is 0 Å². The van der Waals surface area contributed by atoms with E-state index in [2.05, 4.69) is 50.4 Å². The maximum atomic E-state index is 5.31. The summed E-state index contributed by atoms with van der Waals surface area (Å²) in [5.74, 6) is 0. The standard InChI is InChI=1S/C16H25NO/c1-12(18-4)11-17-15-9-10-16(2,3)14-8-6-5-7-13(14)15/h5-8,12,15,17H,9-11H2,1-4H3. The fourth-order valence-corrected chi connectivity index (χ4v) is 2.82. The number of rotatable bonds is 4. The number of methoxy groups -OCH3 is 1. The molecule has 0 aliphatic heterocycles. The summed E-state index contributed by atoms with van der Waals surface area (Å²) >= 11 is 0. The molecule has 0 aromatic heterocycles. The minimum absolute atomic E-state index is 0.270. The van der Waals surface area contributed by atoms with E-state index in [1.165, 1.54) is 24.0 Å². The van der Waals surface area contributed by atoms with Crippen molar-refractivity contribution >= 4 is 0 Å². The second-order valence-electron chi connectivity index (χ2n) is 6.02. The van der Waals surface area contributed by atoms with Gasteiger partial charge < -0.3 is 10.1 Å². The Morgan fingerprint density at radius 3 is 2.83 bits per heavy atom. The highest BCUT2D eigenvalue weighted by Crippen LogP contribution is 2.41. The first-order chi connectivity index (χ1) is 8.54. The van der Waals surface area contributed by atoms with Gasteiger partial charge >= 0.3 is 0 Å². The van der Waals surface area contributed by atoms with E-state index in [4.69, 9.17) is 4.74 Å². The molecule has 2 heteroatoms. The molecule has 1 aliphatic rings. The number of hydrogen-bond donors (Lipinski definition) is 1. The first kappa shape index (κ1) is 13.6. The van der Waals surface area contributed by atoms with Crippen molar-refractivity contribution in [1.29, 1.82) is 0 Å². The number of ether oxygens (including phenoxy) is 1. The van der Waals surface area contributed by atoms with Crippen LogP contribution in [-0.2, 0) is 10.2 Å². The van der Waals surface area contributed by atoms with E-state index in [9.17, 15) is 0 Å². The van der Waals surface area contributed by atoms with Crippen LogP contribution in [-0.4, -0.2) is 19.8 Å². The number of fused-ring (bicyclic) bond motifs is 1. The highest BCUT2D eigenvalue weighted by atomic mass is 16.5. The zero-order valence-corrected chi connectivity index (χ0v) is 12.0. The molecule has 0 saturated carbocycles. The second kappa shape index (κ2) is 5.41. The van der Waals surface area contributed by atoms with Crippen molar-refractivity contribution in [3.05, 3.63) is 35.4 Å². The van der Waals surface area contributed by atoms with Gasteiger partial charge in [-0.05, 0) is 36.3 Å². The fourth-order valence-electron chi connectivity index (χ4n) is 2.82. The quantitative estimate of drug-likeness (QED) is 0.880. The molecule has 2 atom stereocenters. The first-order valence-electron chi connectivity index (χ1n) is 6.90. The summed E-state index contributed by atoms with van der Waals surface area (Å²) in [6.45, 7) is 7.71. The normalized spacial score (nSPS) is 23.4. The number of benzene rings is 1. The maximum Gasteiger partial charge on any atom is 0.0667 e. The van der Waals surface area contributed by atoms with Crippen LogP contribution in [0, 0.1) is 0 Å². The average Bonchev–Trinajstić information content (AvgIpc) is 2.38. The van der Waals surface area contributed by atoms with Gasteiger partial charge in [-0.15, -0.1) is 0 Å². The molecule has 0 bridgehead atoms. The molecular formula is C16H25NO. The van der Waals surface area contributed by atoms with E-state index in [-0.39, 0.29) is 6.10 Å². The molecule has 0 spiro atoms. The van der Waals surface area contributed by atoms with E-state index in [1.54, 1.807) is 7.11 Å². The molecule has 2 rings (SSSR count). The molecule has 0 amide bonds. The zero-order chi connectivity index (χ0) is 13.2. The molecule has 0 radical (unpaired) electrons. The Labute approximate surface area is 111 Å². The molecular weight excluding hydrogens is 222 g/mol. The molecule has 1 aliphatic carbocycles. The summed E-state index contributed by atoms with van der Waals surface area (Å²) in [6, 6.07) is 9.33. The number of hydrogen-bond acceptors (Lipinski definition) is 2. The van der Waals surface area contributed by atoms with Crippen LogP contribution in [0.2, 0.25) is 0 Å². The molecule has 0 heterocycles. The molecule has 1 aromatic rings. The topological polar surface area (TPSA) is 21.3 Å². The van der Waals surface area contributed by atoms with E-state index in [0.29, 0.717) is 11.5 Å². The Bertz CT molecular complexity index is 400. The lowest BCUT2D eigenvalue weighted by Gasteiger charge is -2.37. The first-order valence-corrected chi connectivity index (χ1v) is 6.90. The Hall–Kier alpha value is -0.860. The second-order valence-corrected chi connectivity index (χ2v) is 6.02. The number of nitrogens with one attached hydrogen (secondary N) is 1. The third-order valence-corrected chi connectivity index (χ3v) is 4.18. The molecule has 1 aromatic carbocycles. The smallest absolute Gasteiger partial charge is 0.0667 e. The fraction of sp³-hybridized carbons (Fsp3) is 0.625. The van der Waals surface area contributed by atoms with Gasteiger partial charge in [0.05, 0.1) is 6.10 Å². The summed E-state index contributed by atoms with van der Waals surface area (Å²) < 4.78 is 5.31. The van der Waals surface area contributed by atoms with Gasteiger partial charge in [0.15, 0.2) is 0 Å². The van der Waals surface area contributed by atoms with Crippen LogP contribution in [0.1, 0.15) is 50.8 Å². The minimum Gasteiger partial charge on any atom is -0.380 e. The molecule has 2 nitrogen and oxygen atoms in total. The van der Waals surface area contributed by atoms with Crippen LogP contribution in [0.4, 0.5) is 0 Å². The largest absolute Gasteiger partial charge is 0.380 e. The van der Waals surface area contributed by atoms with Crippen molar-refractivity contribution in [3.8, 4) is 0 Å². The average molecular weight is 247 g/mol. The molecule has 0 fully saturated rings. The highest BCUT2D eigenvalue weighted by molar-refractivity contribution is 5.38. The van der Waals surface area contributed by atoms with E-state index >= 15 is 0 Å². The summed E-state index contributed by atoms with van der Waals surface area (Å²) in [5, 5.41) is 3.64.